The molecule has 1 heterocycles. The van der Waals surface area contributed by atoms with E-state index in [1.165, 1.54) is 35.7 Å². The van der Waals surface area contributed by atoms with Gasteiger partial charge in [0.05, 0.1) is 12.0 Å². The average molecular weight is 435 g/mol. The van der Waals surface area contributed by atoms with Crippen molar-refractivity contribution in [3.05, 3.63) is 54.3 Å². The predicted octanol–water partition coefficient (Wildman–Crippen LogP) is 1.74. The fourth-order valence-corrected chi connectivity index (χ4v) is 4.92. The number of sulfonamides is 1. The van der Waals surface area contributed by atoms with Crippen molar-refractivity contribution in [3.8, 4) is 5.75 Å². The molecule has 1 aliphatic heterocycles. The van der Waals surface area contributed by atoms with Gasteiger partial charge in [0.15, 0.2) is 0 Å². The van der Waals surface area contributed by atoms with Crippen LogP contribution in [0.4, 0.5) is 10.1 Å². The van der Waals surface area contributed by atoms with Gasteiger partial charge in [-0.3, -0.25) is 9.59 Å². The summed E-state index contributed by atoms with van der Waals surface area (Å²) < 4.78 is 45.2. The zero-order valence-electron chi connectivity index (χ0n) is 16.3. The number of amides is 2. The van der Waals surface area contributed by atoms with Gasteiger partial charge in [0.2, 0.25) is 10.0 Å². The molecule has 2 N–H and O–H groups in total. The molecule has 1 saturated heterocycles. The van der Waals surface area contributed by atoms with E-state index in [0.29, 0.717) is 25.1 Å². The van der Waals surface area contributed by atoms with E-state index >= 15 is 0 Å². The number of rotatable bonds is 6. The monoisotopic (exact) mass is 435 g/mol. The first-order valence-electron chi connectivity index (χ1n) is 9.32. The molecule has 0 unspecified atom stereocenters. The normalized spacial score (nSPS) is 16.8. The lowest BCUT2D eigenvalue weighted by Crippen LogP contribution is -2.45. The van der Waals surface area contributed by atoms with Crippen LogP contribution in [-0.4, -0.2) is 50.8 Å². The Bertz CT molecular complexity index is 1010. The third kappa shape index (κ3) is 4.95. The van der Waals surface area contributed by atoms with E-state index in [1.54, 1.807) is 12.1 Å². The van der Waals surface area contributed by atoms with Crippen LogP contribution < -0.4 is 15.4 Å². The topological polar surface area (TPSA) is 105 Å². The highest BCUT2D eigenvalue weighted by Gasteiger charge is 2.35. The lowest BCUT2D eigenvalue weighted by Gasteiger charge is -2.24. The molecule has 0 aliphatic carbocycles. The minimum atomic E-state index is -3.74. The molecule has 0 bridgehead atoms. The average Bonchev–Trinajstić information content (AvgIpc) is 3.23. The number of nitrogens with one attached hydrogen (secondary N) is 2. The van der Waals surface area contributed by atoms with Gasteiger partial charge in [-0.1, -0.05) is 0 Å². The Morgan fingerprint density at radius 2 is 1.77 bits per heavy atom. The van der Waals surface area contributed by atoms with Crippen molar-refractivity contribution in [2.24, 2.45) is 0 Å². The maximum atomic E-state index is 13.0. The van der Waals surface area contributed by atoms with Crippen molar-refractivity contribution >= 4 is 27.5 Å². The zero-order valence-corrected chi connectivity index (χ0v) is 17.1. The van der Waals surface area contributed by atoms with Gasteiger partial charge in [0, 0.05) is 24.8 Å². The molecule has 1 atom stereocenters. The first kappa shape index (κ1) is 21.7. The van der Waals surface area contributed by atoms with Gasteiger partial charge >= 0.3 is 11.8 Å². The van der Waals surface area contributed by atoms with Gasteiger partial charge in [0.25, 0.3) is 0 Å². The summed E-state index contributed by atoms with van der Waals surface area (Å²) in [5.74, 6) is -1.72. The highest BCUT2D eigenvalue weighted by Crippen LogP contribution is 2.26. The second kappa shape index (κ2) is 9.23. The fourth-order valence-electron chi connectivity index (χ4n) is 3.22. The summed E-state index contributed by atoms with van der Waals surface area (Å²) in [4.78, 5) is 24.2. The minimum absolute atomic E-state index is 0.00502. The molecule has 0 spiro atoms. The van der Waals surface area contributed by atoms with Crippen LogP contribution in [0.1, 0.15) is 12.8 Å². The summed E-state index contributed by atoms with van der Waals surface area (Å²) in [5, 5.41) is 4.84. The van der Waals surface area contributed by atoms with Crippen LogP contribution >= 0.6 is 0 Å². The second-order valence-corrected chi connectivity index (χ2v) is 8.65. The van der Waals surface area contributed by atoms with Gasteiger partial charge in [-0.05, 0) is 61.4 Å². The third-order valence-electron chi connectivity index (χ3n) is 4.80. The molecule has 160 valence electrons. The van der Waals surface area contributed by atoms with Crippen molar-refractivity contribution < 1.29 is 27.1 Å². The molecule has 0 aromatic heterocycles. The van der Waals surface area contributed by atoms with Gasteiger partial charge in [-0.25, -0.2) is 12.8 Å². The number of hydrogen-bond donors (Lipinski definition) is 2. The Hall–Kier alpha value is -2.98. The Morgan fingerprint density at radius 1 is 1.10 bits per heavy atom. The van der Waals surface area contributed by atoms with Gasteiger partial charge in [0.1, 0.15) is 11.6 Å². The number of benzene rings is 2. The maximum absolute atomic E-state index is 13.0. The molecule has 0 radical (unpaired) electrons. The van der Waals surface area contributed by atoms with Crippen LogP contribution in [0.15, 0.2) is 53.4 Å². The van der Waals surface area contributed by atoms with Crippen molar-refractivity contribution in [2.45, 2.75) is 23.8 Å². The minimum Gasteiger partial charge on any atom is -0.497 e. The first-order chi connectivity index (χ1) is 14.3. The molecule has 2 aromatic carbocycles. The molecule has 2 aromatic rings. The number of nitrogens with zero attached hydrogens (tertiary/aromatic N) is 1. The van der Waals surface area contributed by atoms with E-state index in [0.717, 1.165) is 12.1 Å². The molecule has 3 rings (SSSR count). The smallest absolute Gasteiger partial charge is 0.313 e. The van der Waals surface area contributed by atoms with Crippen LogP contribution in [0.2, 0.25) is 0 Å². The predicted molar refractivity (Wildman–Crippen MR) is 108 cm³/mol. The lowest BCUT2D eigenvalue weighted by molar-refractivity contribution is -0.136. The summed E-state index contributed by atoms with van der Waals surface area (Å²) in [5.41, 5.74) is 0.279. The molecule has 2 amide bonds. The van der Waals surface area contributed by atoms with Crippen LogP contribution in [-0.2, 0) is 19.6 Å². The molecule has 30 heavy (non-hydrogen) atoms. The van der Waals surface area contributed by atoms with E-state index in [1.807, 2.05) is 0 Å². The number of carbonyl (C=O) groups is 2. The first-order valence-corrected chi connectivity index (χ1v) is 10.8. The standard InChI is InChI=1S/C20H22FN3O5S/c1-29-17-8-10-18(11-9-17)30(27,28)24-12-2-3-16(24)13-22-19(25)20(26)23-15-6-4-14(21)5-7-15/h4-11,16H,2-3,12-13H2,1H3,(H,22,25)(H,23,26)/t16-/m0/s1. The maximum Gasteiger partial charge on any atom is 0.313 e. The van der Waals surface area contributed by atoms with E-state index < -0.39 is 33.7 Å². The van der Waals surface area contributed by atoms with Crippen molar-refractivity contribution in [1.82, 2.24) is 9.62 Å². The zero-order chi connectivity index (χ0) is 21.7. The summed E-state index contributed by atoms with van der Waals surface area (Å²) in [7, 11) is -2.25. The Balaban J connectivity index is 1.60. The molecular weight excluding hydrogens is 413 g/mol. The summed E-state index contributed by atoms with van der Waals surface area (Å²) in [6, 6.07) is 10.6. The Morgan fingerprint density at radius 3 is 2.40 bits per heavy atom. The largest absolute Gasteiger partial charge is 0.497 e. The van der Waals surface area contributed by atoms with Crippen LogP contribution in [0.25, 0.3) is 0 Å². The quantitative estimate of drug-likeness (QED) is 0.673. The highest BCUT2D eigenvalue weighted by molar-refractivity contribution is 7.89. The lowest BCUT2D eigenvalue weighted by atomic mass is 10.2. The SMILES string of the molecule is COc1ccc(S(=O)(=O)N2CCC[C@H]2CNC(=O)C(=O)Nc2ccc(F)cc2)cc1. The summed E-state index contributed by atoms with van der Waals surface area (Å²) >= 11 is 0. The number of anilines is 1. The van der Waals surface area contributed by atoms with Crippen molar-refractivity contribution in [2.75, 3.05) is 25.5 Å². The van der Waals surface area contributed by atoms with Gasteiger partial charge in [-0.2, -0.15) is 4.31 Å². The Kier molecular flexibility index (Phi) is 6.68. The number of halogens is 1. The van der Waals surface area contributed by atoms with Gasteiger partial charge < -0.3 is 15.4 Å². The van der Waals surface area contributed by atoms with Crippen molar-refractivity contribution in [1.29, 1.82) is 0 Å². The summed E-state index contributed by atoms with van der Waals surface area (Å²) in [6.45, 7) is 0.335. The molecule has 1 fully saturated rings. The van der Waals surface area contributed by atoms with E-state index in [4.69, 9.17) is 4.74 Å². The Labute approximate surface area is 174 Å². The number of ether oxygens (including phenoxy) is 1. The van der Waals surface area contributed by atoms with Gasteiger partial charge in [-0.15, -0.1) is 0 Å². The number of carbonyl (C=O) groups excluding carboxylic acids is 2. The highest BCUT2D eigenvalue weighted by atomic mass is 32.2. The second-order valence-electron chi connectivity index (χ2n) is 6.76. The summed E-state index contributed by atoms with van der Waals surface area (Å²) in [6.07, 6.45) is 1.22. The van der Waals surface area contributed by atoms with Crippen LogP contribution in [0.3, 0.4) is 0 Å². The van der Waals surface area contributed by atoms with E-state index in [2.05, 4.69) is 10.6 Å². The van der Waals surface area contributed by atoms with E-state index in [9.17, 15) is 22.4 Å². The van der Waals surface area contributed by atoms with Crippen molar-refractivity contribution in [3.63, 3.8) is 0 Å². The molecule has 0 saturated carbocycles. The van der Waals surface area contributed by atoms with Crippen LogP contribution in [0.5, 0.6) is 5.75 Å². The number of methoxy groups -OCH3 is 1. The molecular formula is C20H22FN3O5S. The molecule has 8 nitrogen and oxygen atoms in total. The third-order valence-corrected chi connectivity index (χ3v) is 6.76. The fraction of sp³-hybridized carbons (Fsp3) is 0.300. The molecule has 10 heteroatoms. The molecule has 1 aliphatic rings. The van der Waals surface area contributed by atoms with Crippen LogP contribution in [0, 0.1) is 5.82 Å². The van der Waals surface area contributed by atoms with E-state index in [-0.39, 0.29) is 17.1 Å². The number of hydrogen-bond acceptors (Lipinski definition) is 5.